The molecule has 0 heterocycles. The topological polar surface area (TPSA) is 80.3 Å². The second kappa shape index (κ2) is 8.23. The second-order valence-corrected chi connectivity index (χ2v) is 10.2. The van der Waals surface area contributed by atoms with Crippen molar-refractivity contribution in [1.82, 2.24) is 0 Å². The van der Waals surface area contributed by atoms with Gasteiger partial charge >= 0.3 is 0 Å². The molecular formula is C22H21NO4S2. The van der Waals surface area contributed by atoms with Gasteiger partial charge in [0.25, 0.3) is 10.0 Å². The predicted molar refractivity (Wildman–Crippen MR) is 116 cm³/mol. The minimum Gasteiger partial charge on any atom is -0.279 e. The summed E-state index contributed by atoms with van der Waals surface area (Å²) in [7, 11) is -7.45. The molecule has 0 saturated heterocycles. The average molecular weight is 428 g/mol. The van der Waals surface area contributed by atoms with Crippen LogP contribution in [0.2, 0.25) is 0 Å². The van der Waals surface area contributed by atoms with Crippen LogP contribution in [0.15, 0.2) is 88.0 Å². The number of sulfone groups is 1. The number of aryl methyl sites for hydroxylation is 2. The summed E-state index contributed by atoms with van der Waals surface area (Å²) < 4.78 is 52.9. The van der Waals surface area contributed by atoms with Gasteiger partial charge in [-0.1, -0.05) is 53.6 Å². The Bertz CT molecular complexity index is 1240. The molecule has 0 radical (unpaired) electrons. The summed E-state index contributed by atoms with van der Waals surface area (Å²) in [5, 5.41) is 1.08. The van der Waals surface area contributed by atoms with Gasteiger partial charge in [-0.25, -0.2) is 16.8 Å². The minimum atomic E-state index is -3.80. The Kier molecular flexibility index (Phi) is 5.91. The third kappa shape index (κ3) is 5.13. The lowest BCUT2D eigenvalue weighted by atomic mass is 10.2. The molecule has 0 bridgehead atoms. The number of rotatable bonds is 6. The van der Waals surface area contributed by atoms with Crippen molar-refractivity contribution in [3.05, 3.63) is 94.9 Å². The van der Waals surface area contributed by atoms with Crippen LogP contribution >= 0.6 is 0 Å². The second-order valence-electron chi connectivity index (χ2n) is 6.67. The summed E-state index contributed by atoms with van der Waals surface area (Å²) in [5.74, 6) is 0. The molecule has 0 fully saturated rings. The summed E-state index contributed by atoms with van der Waals surface area (Å²) in [6.45, 7) is 3.75. The Balaban J connectivity index is 1.90. The lowest BCUT2D eigenvalue weighted by Crippen LogP contribution is -2.13. The Labute approximate surface area is 171 Å². The Morgan fingerprint density at radius 3 is 1.79 bits per heavy atom. The number of benzene rings is 3. The highest BCUT2D eigenvalue weighted by Gasteiger charge is 2.16. The molecule has 0 atom stereocenters. The molecular weight excluding hydrogens is 406 g/mol. The first kappa shape index (κ1) is 20.8. The fraction of sp³-hybridized carbons (Fsp3) is 0.0909. The van der Waals surface area contributed by atoms with E-state index in [0.29, 0.717) is 11.3 Å². The van der Waals surface area contributed by atoms with Crippen LogP contribution in [0.5, 0.6) is 0 Å². The molecule has 7 heteroatoms. The van der Waals surface area contributed by atoms with E-state index in [0.717, 1.165) is 16.5 Å². The fourth-order valence-electron chi connectivity index (χ4n) is 2.63. The van der Waals surface area contributed by atoms with Crippen molar-refractivity contribution in [3.63, 3.8) is 0 Å². The van der Waals surface area contributed by atoms with Crippen molar-refractivity contribution < 1.29 is 16.8 Å². The van der Waals surface area contributed by atoms with E-state index in [4.69, 9.17) is 0 Å². The summed E-state index contributed by atoms with van der Waals surface area (Å²) in [4.78, 5) is 0.311. The zero-order chi connectivity index (χ0) is 21.1. The monoisotopic (exact) mass is 427 g/mol. The van der Waals surface area contributed by atoms with Gasteiger partial charge in [0.1, 0.15) is 0 Å². The van der Waals surface area contributed by atoms with Gasteiger partial charge in [-0.05, 0) is 55.8 Å². The first-order valence-corrected chi connectivity index (χ1v) is 11.9. The van der Waals surface area contributed by atoms with E-state index in [1.54, 1.807) is 60.7 Å². The van der Waals surface area contributed by atoms with Crippen LogP contribution in [0.4, 0.5) is 5.69 Å². The normalized spacial score (nSPS) is 12.2. The molecule has 3 aromatic rings. The highest BCUT2D eigenvalue weighted by molar-refractivity contribution is 7.94. The third-order valence-electron chi connectivity index (χ3n) is 4.31. The smallest absolute Gasteiger partial charge is 0.261 e. The summed E-state index contributed by atoms with van der Waals surface area (Å²) in [6.07, 6.45) is 1.39. The van der Waals surface area contributed by atoms with E-state index >= 15 is 0 Å². The van der Waals surface area contributed by atoms with Crippen molar-refractivity contribution in [2.45, 2.75) is 23.6 Å². The van der Waals surface area contributed by atoms with Crippen LogP contribution in [-0.2, 0) is 19.9 Å². The molecule has 0 spiro atoms. The summed E-state index contributed by atoms with van der Waals surface area (Å²) >= 11 is 0. The van der Waals surface area contributed by atoms with Crippen molar-refractivity contribution in [1.29, 1.82) is 0 Å². The number of para-hydroxylation sites is 1. The number of hydrogen-bond donors (Lipinski definition) is 1. The van der Waals surface area contributed by atoms with E-state index in [1.165, 1.54) is 18.2 Å². The largest absolute Gasteiger partial charge is 0.279 e. The molecule has 3 aromatic carbocycles. The van der Waals surface area contributed by atoms with Crippen LogP contribution in [0.1, 0.15) is 16.7 Å². The zero-order valence-electron chi connectivity index (χ0n) is 16.0. The highest BCUT2D eigenvalue weighted by atomic mass is 32.2. The lowest BCUT2D eigenvalue weighted by molar-refractivity contribution is 0.600. The molecule has 5 nitrogen and oxygen atoms in total. The average Bonchev–Trinajstić information content (AvgIpc) is 2.68. The van der Waals surface area contributed by atoms with E-state index in [1.807, 2.05) is 13.8 Å². The maximum Gasteiger partial charge on any atom is 0.261 e. The molecule has 1 N–H and O–H groups in total. The fourth-order valence-corrected chi connectivity index (χ4v) is 4.71. The van der Waals surface area contributed by atoms with Gasteiger partial charge in [0, 0.05) is 5.41 Å². The Morgan fingerprint density at radius 1 is 0.690 bits per heavy atom. The molecule has 0 amide bonds. The number of nitrogens with one attached hydrogen (secondary N) is 1. The third-order valence-corrected chi connectivity index (χ3v) is 7.12. The van der Waals surface area contributed by atoms with Crippen molar-refractivity contribution >= 4 is 31.6 Å². The standard InChI is InChI=1S/C22H21NO4S2/c1-17-7-11-20(12-8-17)28(24,25)16-15-19-5-3-4-6-22(19)23-29(26,27)21-13-9-18(2)10-14-21/h3-16,23H,1-2H3/b16-15+. The van der Waals surface area contributed by atoms with Gasteiger partial charge in [0.15, 0.2) is 9.84 Å². The Hall–Kier alpha value is -2.90. The van der Waals surface area contributed by atoms with E-state index < -0.39 is 19.9 Å². The number of sulfonamides is 1. The van der Waals surface area contributed by atoms with E-state index in [9.17, 15) is 16.8 Å². The quantitative estimate of drug-likeness (QED) is 0.626. The molecule has 0 unspecified atom stereocenters. The number of hydrogen-bond acceptors (Lipinski definition) is 4. The van der Waals surface area contributed by atoms with Crippen molar-refractivity contribution in [3.8, 4) is 0 Å². The molecule has 0 aliphatic carbocycles. The summed E-state index contributed by atoms with van der Waals surface area (Å²) in [6, 6.07) is 19.6. The molecule has 0 aromatic heterocycles. The van der Waals surface area contributed by atoms with Gasteiger partial charge in [0.2, 0.25) is 0 Å². The van der Waals surface area contributed by atoms with Crippen LogP contribution in [0.25, 0.3) is 6.08 Å². The SMILES string of the molecule is Cc1ccc(S(=O)(=O)/C=C/c2ccccc2NS(=O)(=O)c2ccc(C)cc2)cc1. The maximum atomic E-state index is 12.7. The predicted octanol–water partition coefficient (Wildman–Crippen LogP) is 4.55. The molecule has 0 aliphatic rings. The van der Waals surface area contributed by atoms with E-state index in [-0.39, 0.29) is 9.79 Å². The lowest BCUT2D eigenvalue weighted by Gasteiger charge is -2.11. The molecule has 150 valence electrons. The first-order chi connectivity index (χ1) is 13.7. The first-order valence-electron chi connectivity index (χ1n) is 8.86. The van der Waals surface area contributed by atoms with Gasteiger partial charge in [-0.15, -0.1) is 0 Å². The van der Waals surface area contributed by atoms with Crippen molar-refractivity contribution in [2.24, 2.45) is 0 Å². The van der Waals surface area contributed by atoms with E-state index in [2.05, 4.69) is 4.72 Å². The maximum absolute atomic E-state index is 12.7. The van der Waals surface area contributed by atoms with Crippen LogP contribution in [0, 0.1) is 13.8 Å². The zero-order valence-corrected chi connectivity index (χ0v) is 17.7. The van der Waals surface area contributed by atoms with Crippen LogP contribution < -0.4 is 4.72 Å². The molecule has 3 rings (SSSR count). The molecule has 0 saturated carbocycles. The number of anilines is 1. The van der Waals surface area contributed by atoms with Gasteiger partial charge < -0.3 is 0 Å². The molecule has 0 aliphatic heterocycles. The van der Waals surface area contributed by atoms with Gasteiger partial charge in [-0.3, -0.25) is 4.72 Å². The molecule has 29 heavy (non-hydrogen) atoms. The van der Waals surface area contributed by atoms with Gasteiger partial charge in [0.05, 0.1) is 15.5 Å². The van der Waals surface area contributed by atoms with Crippen molar-refractivity contribution in [2.75, 3.05) is 4.72 Å². The van der Waals surface area contributed by atoms with Crippen LogP contribution in [0.3, 0.4) is 0 Å². The minimum absolute atomic E-state index is 0.133. The van der Waals surface area contributed by atoms with Gasteiger partial charge in [-0.2, -0.15) is 0 Å². The van der Waals surface area contributed by atoms with Crippen LogP contribution in [-0.4, -0.2) is 16.8 Å². The highest BCUT2D eigenvalue weighted by Crippen LogP contribution is 2.23. The summed E-state index contributed by atoms with van der Waals surface area (Å²) in [5.41, 5.74) is 2.65. The Morgan fingerprint density at radius 2 is 1.21 bits per heavy atom.